The number of fused-ring (bicyclic) bond motifs is 1. The SMILES string of the molecule is Nc1ccc2c(c1)N(CCCC1CCCO1)CCC2. The number of benzene rings is 1. The molecule has 0 radical (unpaired) electrons. The Bertz CT molecular complexity index is 427. The Balaban J connectivity index is 1.58. The molecule has 3 rings (SSSR count). The van der Waals surface area contributed by atoms with Crippen molar-refractivity contribution < 1.29 is 4.74 Å². The zero-order valence-corrected chi connectivity index (χ0v) is 11.6. The number of rotatable bonds is 4. The molecule has 1 fully saturated rings. The van der Waals surface area contributed by atoms with Crippen LogP contribution in [-0.4, -0.2) is 25.8 Å². The van der Waals surface area contributed by atoms with Gasteiger partial charge in [-0.05, 0) is 56.2 Å². The molecule has 0 amide bonds. The summed E-state index contributed by atoms with van der Waals surface area (Å²) < 4.78 is 5.69. The van der Waals surface area contributed by atoms with Crippen LogP contribution in [0.5, 0.6) is 0 Å². The van der Waals surface area contributed by atoms with E-state index >= 15 is 0 Å². The predicted molar refractivity (Wildman–Crippen MR) is 79.6 cm³/mol. The van der Waals surface area contributed by atoms with Gasteiger partial charge in [0.2, 0.25) is 0 Å². The Morgan fingerprint density at radius 3 is 3.11 bits per heavy atom. The summed E-state index contributed by atoms with van der Waals surface area (Å²) >= 11 is 0. The van der Waals surface area contributed by atoms with Gasteiger partial charge in [-0.15, -0.1) is 0 Å². The lowest BCUT2D eigenvalue weighted by Crippen LogP contribution is -2.30. The highest BCUT2D eigenvalue weighted by Gasteiger charge is 2.18. The minimum absolute atomic E-state index is 0.519. The van der Waals surface area contributed by atoms with E-state index in [-0.39, 0.29) is 0 Å². The second-order valence-electron chi connectivity index (χ2n) is 5.76. The maximum Gasteiger partial charge on any atom is 0.0576 e. The summed E-state index contributed by atoms with van der Waals surface area (Å²) in [6.07, 6.45) is 7.89. The lowest BCUT2D eigenvalue weighted by Gasteiger charge is -2.31. The first-order valence-corrected chi connectivity index (χ1v) is 7.58. The average Bonchev–Trinajstić information content (AvgIpc) is 2.92. The summed E-state index contributed by atoms with van der Waals surface area (Å²) in [5.74, 6) is 0. The number of nitrogens with zero attached hydrogens (tertiary/aromatic N) is 1. The van der Waals surface area contributed by atoms with Crippen LogP contribution in [0.4, 0.5) is 11.4 Å². The fourth-order valence-corrected chi connectivity index (χ4v) is 3.28. The molecule has 0 saturated carbocycles. The van der Waals surface area contributed by atoms with Gasteiger partial charge in [0.1, 0.15) is 0 Å². The molecule has 2 aliphatic heterocycles. The van der Waals surface area contributed by atoms with Crippen molar-refractivity contribution >= 4 is 11.4 Å². The third-order valence-electron chi connectivity index (χ3n) is 4.30. The van der Waals surface area contributed by atoms with Gasteiger partial charge in [-0.3, -0.25) is 0 Å². The summed E-state index contributed by atoms with van der Waals surface area (Å²) in [6.45, 7) is 3.27. The quantitative estimate of drug-likeness (QED) is 0.846. The third-order valence-corrected chi connectivity index (χ3v) is 4.30. The van der Waals surface area contributed by atoms with Crippen molar-refractivity contribution in [1.82, 2.24) is 0 Å². The molecule has 2 aliphatic rings. The Morgan fingerprint density at radius 2 is 2.26 bits per heavy atom. The topological polar surface area (TPSA) is 38.5 Å². The van der Waals surface area contributed by atoms with Crippen molar-refractivity contribution in [2.24, 2.45) is 0 Å². The molecule has 19 heavy (non-hydrogen) atoms. The van der Waals surface area contributed by atoms with Gasteiger partial charge < -0.3 is 15.4 Å². The predicted octanol–water partition coefficient (Wildman–Crippen LogP) is 2.98. The summed E-state index contributed by atoms with van der Waals surface area (Å²) in [5, 5.41) is 0. The number of anilines is 2. The standard InChI is InChI=1S/C16H24N2O/c17-14-8-7-13-4-1-9-18(16(13)12-14)10-2-5-15-6-3-11-19-15/h7-8,12,15H,1-6,9-11,17H2. The molecule has 1 unspecified atom stereocenters. The van der Waals surface area contributed by atoms with Crippen molar-refractivity contribution in [3.05, 3.63) is 23.8 Å². The second-order valence-corrected chi connectivity index (χ2v) is 5.76. The Labute approximate surface area is 115 Å². The lowest BCUT2D eigenvalue weighted by atomic mass is 10.0. The number of nitrogen functional groups attached to an aromatic ring is 1. The second kappa shape index (κ2) is 5.83. The number of nitrogens with two attached hydrogens (primary N) is 1. The Hall–Kier alpha value is -1.22. The molecule has 2 N–H and O–H groups in total. The molecular weight excluding hydrogens is 236 g/mol. The van der Waals surface area contributed by atoms with Gasteiger partial charge in [0, 0.05) is 31.1 Å². The lowest BCUT2D eigenvalue weighted by molar-refractivity contribution is 0.103. The smallest absolute Gasteiger partial charge is 0.0576 e. The van der Waals surface area contributed by atoms with Crippen LogP contribution >= 0.6 is 0 Å². The van der Waals surface area contributed by atoms with Gasteiger partial charge in [0.25, 0.3) is 0 Å². The van der Waals surface area contributed by atoms with Crippen LogP contribution in [-0.2, 0) is 11.2 Å². The van der Waals surface area contributed by atoms with Gasteiger partial charge in [0.05, 0.1) is 6.10 Å². The van der Waals surface area contributed by atoms with Crippen LogP contribution in [0, 0.1) is 0 Å². The minimum atomic E-state index is 0.519. The first-order chi connectivity index (χ1) is 9.33. The van der Waals surface area contributed by atoms with E-state index in [1.807, 2.05) is 6.07 Å². The Morgan fingerprint density at radius 1 is 1.32 bits per heavy atom. The molecule has 1 saturated heterocycles. The highest BCUT2D eigenvalue weighted by Crippen LogP contribution is 2.29. The van der Waals surface area contributed by atoms with E-state index < -0.39 is 0 Å². The van der Waals surface area contributed by atoms with Crippen LogP contribution in [0.2, 0.25) is 0 Å². The molecule has 2 heterocycles. The number of hydrogen-bond donors (Lipinski definition) is 1. The molecule has 0 bridgehead atoms. The average molecular weight is 260 g/mol. The van der Waals surface area contributed by atoms with Gasteiger partial charge in [-0.25, -0.2) is 0 Å². The fourth-order valence-electron chi connectivity index (χ4n) is 3.28. The summed E-state index contributed by atoms with van der Waals surface area (Å²) in [4.78, 5) is 2.50. The molecule has 1 aromatic rings. The van der Waals surface area contributed by atoms with E-state index in [4.69, 9.17) is 10.5 Å². The van der Waals surface area contributed by atoms with Crippen LogP contribution in [0.3, 0.4) is 0 Å². The maximum atomic E-state index is 5.93. The third kappa shape index (κ3) is 3.03. The van der Waals surface area contributed by atoms with E-state index in [9.17, 15) is 0 Å². The number of aryl methyl sites for hydroxylation is 1. The molecule has 104 valence electrons. The first kappa shape index (κ1) is 12.8. The number of hydrogen-bond acceptors (Lipinski definition) is 3. The molecule has 0 aliphatic carbocycles. The van der Waals surface area contributed by atoms with Gasteiger partial charge in [-0.1, -0.05) is 6.07 Å². The van der Waals surface area contributed by atoms with Crippen LogP contribution in [0.25, 0.3) is 0 Å². The van der Waals surface area contributed by atoms with Crippen molar-refractivity contribution in [1.29, 1.82) is 0 Å². The zero-order chi connectivity index (χ0) is 13.1. The largest absolute Gasteiger partial charge is 0.399 e. The van der Waals surface area contributed by atoms with Crippen molar-refractivity contribution in [3.63, 3.8) is 0 Å². The van der Waals surface area contributed by atoms with Crippen LogP contribution in [0.1, 0.15) is 37.7 Å². The van der Waals surface area contributed by atoms with Crippen molar-refractivity contribution in [2.45, 2.75) is 44.6 Å². The van der Waals surface area contributed by atoms with Gasteiger partial charge in [0.15, 0.2) is 0 Å². The molecule has 1 aromatic carbocycles. The number of ether oxygens (including phenoxy) is 1. The van der Waals surface area contributed by atoms with Gasteiger partial charge >= 0.3 is 0 Å². The molecule has 1 atom stereocenters. The summed E-state index contributed by atoms with van der Waals surface area (Å²) in [6, 6.07) is 6.35. The molecule has 3 nitrogen and oxygen atoms in total. The molecular formula is C16H24N2O. The molecule has 0 aromatic heterocycles. The minimum Gasteiger partial charge on any atom is -0.399 e. The fraction of sp³-hybridized carbons (Fsp3) is 0.625. The van der Waals surface area contributed by atoms with Crippen molar-refractivity contribution in [2.75, 3.05) is 30.3 Å². The summed E-state index contributed by atoms with van der Waals surface area (Å²) in [5.41, 5.74) is 9.62. The first-order valence-electron chi connectivity index (χ1n) is 7.58. The van der Waals surface area contributed by atoms with E-state index in [0.29, 0.717) is 6.10 Å². The summed E-state index contributed by atoms with van der Waals surface area (Å²) in [7, 11) is 0. The van der Waals surface area contributed by atoms with Crippen molar-refractivity contribution in [3.8, 4) is 0 Å². The highest BCUT2D eigenvalue weighted by molar-refractivity contribution is 5.62. The normalized spacial score (nSPS) is 22.5. The molecule has 0 spiro atoms. The van der Waals surface area contributed by atoms with Gasteiger partial charge in [-0.2, -0.15) is 0 Å². The van der Waals surface area contributed by atoms with E-state index in [1.54, 1.807) is 0 Å². The van der Waals surface area contributed by atoms with Crippen LogP contribution < -0.4 is 10.6 Å². The monoisotopic (exact) mass is 260 g/mol. The van der Waals surface area contributed by atoms with E-state index in [2.05, 4.69) is 17.0 Å². The van der Waals surface area contributed by atoms with E-state index in [1.165, 1.54) is 56.3 Å². The molecule has 3 heteroatoms. The van der Waals surface area contributed by atoms with Crippen LogP contribution in [0.15, 0.2) is 18.2 Å². The zero-order valence-electron chi connectivity index (χ0n) is 11.6. The Kier molecular flexibility index (Phi) is 3.92. The maximum absolute atomic E-state index is 5.93. The highest BCUT2D eigenvalue weighted by atomic mass is 16.5. The van der Waals surface area contributed by atoms with E-state index in [0.717, 1.165) is 18.8 Å².